The molecule has 0 aliphatic heterocycles. The van der Waals surface area contributed by atoms with E-state index in [4.69, 9.17) is 0 Å². The van der Waals surface area contributed by atoms with Crippen molar-refractivity contribution in [3.05, 3.63) is 42.0 Å². The van der Waals surface area contributed by atoms with E-state index < -0.39 is 0 Å². The van der Waals surface area contributed by atoms with Crippen LogP contribution in [-0.4, -0.2) is 46.1 Å². The van der Waals surface area contributed by atoms with Crippen LogP contribution >= 0.6 is 0 Å². The lowest BCUT2D eigenvalue weighted by atomic mass is 9.83. The molecule has 0 bridgehead atoms. The molecular formula is C16H23N5O. The third-order valence-electron chi connectivity index (χ3n) is 4.25. The fourth-order valence-corrected chi connectivity index (χ4v) is 3.01. The van der Waals surface area contributed by atoms with Gasteiger partial charge in [0.05, 0.1) is 18.3 Å². The molecule has 3 rings (SSSR count). The van der Waals surface area contributed by atoms with Crippen LogP contribution in [0.1, 0.15) is 23.6 Å². The van der Waals surface area contributed by atoms with E-state index in [1.807, 2.05) is 50.4 Å². The molecule has 2 N–H and O–H groups in total. The number of rotatable bonds is 5. The molecule has 0 saturated heterocycles. The lowest BCUT2D eigenvalue weighted by molar-refractivity contribution is -0.00823. The van der Waals surface area contributed by atoms with Crippen molar-refractivity contribution in [1.29, 1.82) is 0 Å². The van der Waals surface area contributed by atoms with Gasteiger partial charge in [0, 0.05) is 56.5 Å². The number of hydrogen-bond acceptors (Lipinski definition) is 5. The van der Waals surface area contributed by atoms with Gasteiger partial charge in [-0.15, -0.1) is 0 Å². The van der Waals surface area contributed by atoms with Crippen molar-refractivity contribution in [2.45, 2.75) is 38.1 Å². The summed E-state index contributed by atoms with van der Waals surface area (Å²) >= 11 is 0. The Bertz CT molecular complexity index is 639. The van der Waals surface area contributed by atoms with E-state index in [9.17, 15) is 5.11 Å². The lowest BCUT2D eigenvalue weighted by Crippen LogP contribution is -2.54. The van der Waals surface area contributed by atoms with Gasteiger partial charge in [-0.25, -0.2) is 0 Å². The van der Waals surface area contributed by atoms with E-state index in [0.717, 1.165) is 29.8 Å². The van der Waals surface area contributed by atoms with Crippen molar-refractivity contribution in [3.63, 3.8) is 0 Å². The molecule has 0 radical (unpaired) electrons. The van der Waals surface area contributed by atoms with Gasteiger partial charge in [0.1, 0.15) is 0 Å². The molecule has 0 aromatic carbocycles. The first-order valence-corrected chi connectivity index (χ1v) is 7.58. The van der Waals surface area contributed by atoms with Crippen LogP contribution in [0.3, 0.4) is 0 Å². The second-order valence-electron chi connectivity index (χ2n) is 6.18. The molecule has 3 atom stereocenters. The van der Waals surface area contributed by atoms with Crippen molar-refractivity contribution in [1.82, 2.24) is 20.1 Å². The van der Waals surface area contributed by atoms with Gasteiger partial charge in [-0.2, -0.15) is 5.10 Å². The van der Waals surface area contributed by atoms with Gasteiger partial charge in [0.2, 0.25) is 0 Å². The minimum atomic E-state index is -0.334. The number of aliphatic hydroxyl groups excluding tert-OH is 1. The van der Waals surface area contributed by atoms with Gasteiger partial charge < -0.3 is 15.3 Å². The highest BCUT2D eigenvalue weighted by atomic mass is 16.3. The smallest absolute Gasteiger partial charge is 0.0932 e. The first kappa shape index (κ1) is 15.0. The normalized spacial score (nSPS) is 24.1. The molecule has 22 heavy (non-hydrogen) atoms. The second kappa shape index (κ2) is 6.06. The monoisotopic (exact) mass is 301 g/mol. The molecule has 0 spiro atoms. The Balaban J connectivity index is 1.67. The highest BCUT2D eigenvalue weighted by molar-refractivity contribution is 5.50. The number of nitrogens with one attached hydrogen (secondary N) is 1. The van der Waals surface area contributed by atoms with Crippen LogP contribution in [0, 0.1) is 6.92 Å². The minimum Gasteiger partial charge on any atom is -0.391 e. The fraction of sp³-hybridized carbons (Fsp3) is 0.500. The SMILES string of the molecule is Cc1cnn([C@H]2[C@H](O)C[C@@H]2NCc2cnccc2N(C)C)c1. The predicted molar refractivity (Wildman–Crippen MR) is 85.8 cm³/mol. The van der Waals surface area contributed by atoms with Gasteiger partial charge in [-0.3, -0.25) is 9.67 Å². The van der Waals surface area contributed by atoms with Crippen molar-refractivity contribution < 1.29 is 5.11 Å². The maximum atomic E-state index is 10.1. The largest absolute Gasteiger partial charge is 0.391 e. The summed E-state index contributed by atoms with van der Waals surface area (Å²) in [5.74, 6) is 0. The summed E-state index contributed by atoms with van der Waals surface area (Å²) in [7, 11) is 4.06. The number of hydrogen-bond donors (Lipinski definition) is 2. The van der Waals surface area contributed by atoms with Crippen LogP contribution in [0.5, 0.6) is 0 Å². The maximum absolute atomic E-state index is 10.1. The average Bonchev–Trinajstić information content (AvgIpc) is 2.89. The van der Waals surface area contributed by atoms with Gasteiger partial charge >= 0.3 is 0 Å². The molecule has 1 aliphatic carbocycles. The van der Waals surface area contributed by atoms with E-state index in [1.54, 1.807) is 6.20 Å². The molecule has 6 heteroatoms. The number of anilines is 1. The zero-order valence-corrected chi connectivity index (χ0v) is 13.3. The van der Waals surface area contributed by atoms with Crippen LogP contribution in [0.25, 0.3) is 0 Å². The zero-order valence-electron chi connectivity index (χ0n) is 13.3. The second-order valence-corrected chi connectivity index (χ2v) is 6.18. The first-order valence-electron chi connectivity index (χ1n) is 7.58. The number of nitrogens with zero attached hydrogens (tertiary/aromatic N) is 4. The quantitative estimate of drug-likeness (QED) is 0.866. The number of aromatic nitrogens is 3. The molecule has 6 nitrogen and oxygen atoms in total. The Labute approximate surface area is 130 Å². The molecule has 2 heterocycles. The van der Waals surface area contributed by atoms with Crippen molar-refractivity contribution in [2.75, 3.05) is 19.0 Å². The van der Waals surface area contributed by atoms with Gasteiger partial charge in [0.15, 0.2) is 0 Å². The third kappa shape index (κ3) is 2.84. The Hall–Kier alpha value is -1.92. The Morgan fingerprint density at radius 1 is 1.41 bits per heavy atom. The van der Waals surface area contributed by atoms with Gasteiger partial charge in [-0.05, 0) is 25.0 Å². The summed E-state index contributed by atoms with van der Waals surface area (Å²) in [6, 6.07) is 2.25. The molecule has 1 fully saturated rings. The minimum absolute atomic E-state index is 0.00757. The van der Waals surface area contributed by atoms with Crippen LogP contribution in [-0.2, 0) is 6.54 Å². The summed E-state index contributed by atoms with van der Waals surface area (Å²) in [6.07, 6.45) is 7.93. The van der Waals surface area contributed by atoms with Gasteiger partial charge in [-0.1, -0.05) is 0 Å². The topological polar surface area (TPSA) is 66.2 Å². The van der Waals surface area contributed by atoms with Crippen LogP contribution < -0.4 is 10.2 Å². The Morgan fingerprint density at radius 2 is 2.23 bits per heavy atom. The summed E-state index contributed by atoms with van der Waals surface area (Å²) < 4.78 is 1.87. The maximum Gasteiger partial charge on any atom is 0.0932 e. The molecule has 1 aliphatic rings. The molecule has 2 aromatic heterocycles. The predicted octanol–water partition coefficient (Wildman–Crippen LogP) is 1.12. The molecule has 1 saturated carbocycles. The highest BCUT2D eigenvalue weighted by Gasteiger charge is 2.41. The third-order valence-corrected chi connectivity index (χ3v) is 4.25. The standard InChI is InChI=1S/C16H23N5O/c1-11-7-19-21(10-11)16-13(6-15(16)22)18-9-12-8-17-5-4-14(12)20(2)3/h4-5,7-8,10,13,15-16,18,22H,6,9H2,1-3H3/t13-,15+,16+/m0/s1. The molecule has 118 valence electrons. The van der Waals surface area contributed by atoms with E-state index >= 15 is 0 Å². The van der Waals surface area contributed by atoms with Gasteiger partial charge in [0.25, 0.3) is 0 Å². The van der Waals surface area contributed by atoms with E-state index in [-0.39, 0.29) is 18.2 Å². The molecule has 0 unspecified atom stereocenters. The average molecular weight is 301 g/mol. The molecular weight excluding hydrogens is 278 g/mol. The first-order chi connectivity index (χ1) is 10.6. The number of aryl methyl sites for hydroxylation is 1. The summed E-state index contributed by atoms with van der Waals surface area (Å²) in [5.41, 5.74) is 3.43. The van der Waals surface area contributed by atoms with Crippen molar-refractivity contribution in [2.24, 2.45) is 0 Å². The zero-order chi connectivity index (χ0) is 15.7. The van der Waals surface area contributed by atoms with E-state index in [0.29, 0.717) is 0 Å². The highest BCUT2D eigenvalue weighted by Crippen LogP contribution is 2.33. The fourth-order valence-electron chi connectivity index (χ4n) is 3.01. The van der Waals surface area contributed by atoms with Crippen LogP contribution in [0.4, 0.5) is 5.69 Å². The Morgan fingerprint density at radius 3 is 2.86 bits per heavy atom. The summed E-state index contributed by atoms with van der Waals surface area (Å²) in [6.45, 7) is 2.74. The molecule has 0 amide bonds. The lowest BCUT2D eigenvalue weighted by Gasteiger charge is -2.42. The van der Waals surface area contributed by atoms with Crippen LogP contribution in [0.2, 0.25) is 0 Å². The Kier molecular flexibility index (Phi) is 4.13. The number of aliphatic hydroxyl groups is 1. The van der Waals surface area contributed by atoms with E-state index in [2.05, 4.69) is 20.3 Å². The summed E-state index contributed by atoms with van der Waals surface area (Å²) in [5, 5.41) is 17.9. The van der Waals surface area contributed by atoms with Crippen molar-refractivity contribution >= 4 is 5.69 Å². The van der Waals surface area contributed by atoms with Crippen LogP contribution in [0.15, 0.2) is 30.9 Å². The van der Waals surface area contributed by atoms with E-state index in [1.165, 1.54) is 0 Å². The number of pyridine rings is 1. The van der Waals surface area contributed by atoms with Crippen molar-refractivity contribution in [3.8, 4) is 0 Å². The molecule has 2 aromatic rings. The summed E-state index contributed by atoms with van der Waals surface area (Å²) in [4.78, 5) is 6.30.